The molecule has 1 heterocycles. The van der Waals surface area contributed by atoms with Gasteiger partial charge >= 0.3 is 13.8 Å². The number of H-pyrrole nitrogens is 1. The minimum Gasteiger partial charge on any atom is -0.497 e. The molecule has 5 N–H and O–H groups in total. The van der Waals surface area contributed by atoms with Crippen LogP contribution in [0.15, 0.2) is 42.5 Å². The van der Waals surface area contributed by atoms with Crippen LogP contribution < -0.4 is 4.74 Å². The van der Waals surface area contributed by atoms with Crippen LogP contribution in [-0.2, 0) is 4.57 Å². The lowest BCUT2D eigenvalue weighted by molar-refractivity contribution is 0.0698. The largest absolute Gasteiger partial charge is 0.497 e. The number of carboxylic acid groups (broad SMARTS) is 1. The summed E-state index contributed by atoms with van der Waals surface area (Å²) in [6, 6.07) is 12.6. The van der Waals surface area contributed by atoms with Gasteiger partial charge in [-0.15, -0.1) is 0 Å². The Bertz CT molecular complexity index is 998. The van der Waals surface area contributed by atoms with Gasteiger partial charge in [-0.1, -0.05) is 24.3 Å². The van der Waals surface area contributed by atoms with Crippen LogP contribution in [0.5, 0.6) is 5.75 Å². The highest BCUT2D eigenvalue weighted by atomic mass is 31.2. The van der Waals surface area contributed by atoms with E-state index >= 15 is 0 Å². The summed E-state index contributed by atoms with van der Waals surface area (Å²) in [6.07, 6.45) is 3.71. The van der Waals surface area contributed by atoms with Gasteiger partial charge in [-0.25, -0.2) is 14.3 Å². The number of para-hydroxylation sites is 1. The summed E-state index contributed by atoms with van der Waals surface area (Å²) < 4.78 is 14.0. The summed E-state index contributed by atoms with van der Waals surface area (Å²) in [5.74, 6) is 0.437. The van der Waals surface area contributed by atoms with E-state index < -0.39 is 13.8 Å². The van der Waals surface area contributed by atoms with Crippen molar-refractivity contribution in [2.24, 2.45) is 0 Å². The molecule has 9 nitrogen and oxygen atoms in total. The van der Waals surface area contributed by atoms with Crippen LogP contribution >= 0.6 is 7.82 Å². The number of phosphoric acid groups is 1. The number of carbonyl (C=O) groups is 1. The molecule has 2 aromatic carbocycles. The van der Waals surface area contributed by atoms with Crippen molar-refractivity contribution < 1.29 is 33.9 Å². The smallest absolute Gasteiger partial charge is 0.466 e. The quantitative estimate of drug-likeness (QED) is 0.425. The molecular formula is C17H17N2O7P. The number of imidazole rings is 1. The van der Waals surface area contributed by atoms with Crippen molar-refractivity contribution >= 4 is 37.0 Å². The summed E-state index contributed by atoms with van der Waals surface area (Å²) in [4.78, 5) is 40.2. The second-order valence-electron chi connectivity index (χ2n) is 5.25. The van der Waals surface area contributed by atoms with E-state index in [-0.39, 0.29) is 5.56 Å². The minimum atomic E-state index is -4.64. The number of benzene rings is 2. The molecule has 10 heteroatoms. The molecule has 0 fully saturated rings. The fourth-order valence-corrected chi connectivity index (χ4v) is 2.20. The molecule has 0 aliphatic heterocycles. The lowest BCUT2D eigenvalue weighted by atomic mass is 10.2. The van der Waals surface area contributed by atoms with Crippen molar-refractivity contribution in [3.05, 3.63) is 59.4 Å². The van der Waals surface area contributed by atoms with Crippen LogP contribution in [0.25, 0.3) is 23.2 Å². The van der Waals surface area contributed by atoms with E-state index in [1.165, 1.54) is 0 Å². The second kappa shape index (κ2) is 8.61. The highest BCUT2D eigenvalue weighted by molar-refractivity contribution is 7.45. The number of rotatable bonds is 4. The van der Waals surface area contributed by atoms with Crippen molar-refractivity contribution in [1.82, 2.24) is 9.97 Å². The van der Waals surface area contributed by atoms with Crippen molar-refractivity contribution in [2.45, 2.75) is 0 Å². The maximum Gasteiger partial charge on any atom is 0.466 e. The Hall–Kier alpha value is -2.97. The molecule has 0 amide bonds. The normalized spacial score (nSPS) is 11.3. The fraction of sp³-hybridized carbons (Fsp3) is 0.0588. The van der Waals surface area contributed by atoms with Crippen LogP contribution in [-0.4, -0.2) is 42.8 Å². The number of ether oxygens (including phenoxy) is 1. The van der Waals surface area contributed by atoms with E-state index in [0.29, 0.717) is 16.9 Å². The van der Waals surface area contributed by atoms with Gasteiger partial charge in [0, 0.05) is 0 Å². The number of nitrogens with one attached hydrogen (secondary N) is 1. The van der Waals surface area contributed by atoms with E-state index in [1.807, 2.05) is 36.4 Å². The molecule has 0 bridgehead atoms. The third-order valence-corrected chi connectivity index (χ3v) is 3.32. The summed E-state index contributed by atoms with van der Waals surface area (Å²) in [7, 11) is -3.01. The summed E-state index contributed by atoms with van der Waals surface area (Å²) >= 11 is 0. The van der Waals surface area contributed by atoms with Gasteiger partial charge in [0.05, 0.1) is 23.7 Å². The molecule has 1 aromatic heterocycles. The maximum atomic E-state index is 11.2. The second-order valence-corrected chi connectivity index (χ2v) is 6.27. The molecule has 0 unspecified atom stereocenters. The number of hydrogen-bond acceptors (Lipinski definition) is 4. The average Bonchev–Trinajstić information content (AvgIpc) is 3.01. The molecule has 0 spiro atoms. The van der Waals surface area contributed by atoms with E-state index in [2.05, 4.69) is 9.97 Å². The Morgan fingerprint density at radius 2 is 1.74 bits per heavy atom. The Balaban J connectivity index is 0.000000465. The number of aromatic carboxylic acids is 1. The van der Waals surface area contributed by atoms with Gasteiger partial charge in [-0.2, -0.15) is 0 Å². The van der Waals surface area contributed by atoms with Gasteiger partial charge in [0.2, 0.25) is 0 Å². The third kappa shape index (κ3) is 6.36. The Morgan fingerprint density at radius 3 is 2.30 bits per heavy atom. The Kier molecular flexibility index (Phi) is 6.49. The van der Waals surface area contributed by atoms with Crippen molar-refractivity contribution in [2.75, 3.05) is 7.11 Å². The van der Waals surface area contributed by atoms with Crippen LogP contribution in [0.4, 0.5) is 0 Å². The molecule has 3 aromatic rings. The van der Waals surface area contributed by atoms with Gasteiger partial charge in [0.1, 0.15) is 11.6 Å². The summed E-state index contributed by atoms with van der Waals surface area (Å²) in [5.41, 5.74) is 2.38. The van der Waals surface area contributed by atoms with E-state index in [4.69, 9.17) is 24.0 Å². The predicted molar refractivity (Wildman–Crippen MR) is 99.2 cm³/mol. The zero-order valence-corrected chi connectivity index (χ0v) is 15.0. The van der Waals surface area contributed by atoms with Crippen molar-refractivity contribution in [1.29, 1.82) is 0 Å². The Morgan fingerprint density at radius 1 is 1.11 bits per heavy atom. The number of fused-ring (bicyclic) bond motifs is 1. The number of hydrogen-bond donors (Lipinski definition) is 5. The lowest BCUT2D eigenvalue weighted by Gasteiger charge is -1.98. The van der Waals surface area contributed by atoms with Crippen LogP contribution in [0.3, 0.4) is 0 Å². The molecule has 0 saturated heterocycles. The zero-order valence-electron chi connectivity index (χ0n) is 14.1. The molecule has 0 aliphatic rings. The fourth-order valence-electron chi connectivity index (χ4n) is 2.20. The minimum absolute atomic E-state index is 0.217. The molecular weight excluding hydrogens is 375 g/mol. The van der Waals surface area contributed by atoms with Crippen LogP contribution in [0.1, 0.15) is 21.7 Å². The first-order valence-corrected chi connectivity index (χ1v) is 9.06. The summed E-state index contributed by atoms with van der Waals surface area (Å²) in [5, 5.41) is 9.17. The predicted octanol–water partition coefficient (Wildman–Crippen LogP) is 2.51. The first-order chi connectivity index (χ1) is 12.7. The highest BCUT2D eigenvalue weighted by Crippen LogP contribution is 2.25. The first kappa shape index (κ1) is 20.3. The SMILES string of the molecule is COc1ccc(C=Cc2nc3cccc(C(=O)O)c3[nH]2)cc1.O=P(O)(O)O. The number of aromatic nitrogens is 2. The number of nitrogens with zero attached hydrogens (tertiary/aromatic N) is 1. The van der Waals surface area contributed by atoms with E-state index in [9.17, 15) is 9.90 Å². The highest BCUT2D eigenvalue weighted by Gasteiger charge is 2.10. The lowest BCUT2D eigenvalue weighted by Crippen LogP contribution is -1.96. The topological polar surface area (TPSA) is 153 Å². The molecule has 142 valence electrons. The van der Waals surface area contributed by atoms with Gasteiger partial charge in [0.25, 0.3) is 0 Å². The maximum absolute atomic E-state index is 11.2. The zero-order chi connectivity index (χ0) is 20.0. The van der Waals surface area contributed by atoms with Crippen LogP contribution in [0.2, 0.25) is 0 Å². The van der Waals surface area contributed by atoms with E-state index in [1.54, 1.807) is 25.3 Å². The number of methoxy groups -OCH3 is 1. The Labute approximate surface area is 153 Å². The van der Waals surface area contributed by atoms with Gasteiger partial charge in [-0.3, -0.25) is 0 Å². The first-order valence-electron chi connectivity index (χ1n) is 7.50. The third-order valence-electron chi connectivity index (χ3n) is 3.32. The van der Waals surface area contributed by atoms with E-state index in [0.717, 1.165) is 11.3 Å². The van der Waals surface area contributed by atoms with Crippen LogP contribution in [0, 0.1) is 0 Å². The molecule has 0 atom stereocenters. The standard InChI is InChI=1S/C17H14N2O3.H3O4P/c1-22-12-8-5-11(6-9-12)7-10-15-18-14-4-2-3-13(17(20)21)16(14)19-15;1-5(2,3)4/h2-10H,1H3,(H,18,19)(H,20,21);(H3,1,2,3,4). The molecule has 3 rings (SSSR count). The molecule has 0 radical (unpaired) electrons. The average molecular weight is 392 g/mol. The van der Waals surface area contributed by atoms with Gasteiger partial charge in [-0.05, 0) is 35.9 Å². The number of aromatic amines is 1. The number of carboxylic acids is 1. The monoisotopic (exact) mass is 392 g/mol. The van der Waals surface area contributed by atoms with Crippen molar-refractivity contribution in [3.8, 4) is 5.75 Å². The molecule has 27 heavy (non-hydrogen) atoms. The van der Waals surface area contributed by atoms with Gasteiger partial charge < -0.3 is 29.5 Å². The van der Waals surface area contributed by atoms with Crippen molar-refractivity contribution in [3.63, 3.8) is 0 Å². The summed E-state index contributed by atoms with van der Waals surface area (Å²) in [6.45, 7) is 0. The molecule has 0 saturated carbocycles. The molecule has 0 aliphatic carbocycles. The van der Waals surface area contributed by atoms with Gasteiger partial charge in [0.15, 0.2) is 0 Å².